The molecule has 2 fully saturated rings. The number of fused-ring (bicyclic) bond motifs is 2. The number of hydrogen-bond donors (Lipinski definition) is 1. The van der Waals surface area contributed by atoms with E-state index in [0.717, 1.165) is 25.3 Å². The zero-order valence-electron chi connectivity index (χ0n) is 13.8. The average Bonchev–Trinajstić information content (AvgIpc) is 2.45. The van der Waals surface area contributed by atoms with Crippen LogP contribution in [0.5, 0.6) is 0 Å². The summed E-state index contributed by atoms with van der Waals surface area (Å²) in [6.07, 6.45) is 4.06. The van der Waals surface area contributed by atoms with Crippen molar-refractivity contribution in [2.75, 3.05) is 31.1 Å². The number of carbonyl (C=O) groups is 1. The van der Waals surface area contributed by atoms with Gasteiger partial charge in [0.25, 0.3) is 0 Å². The highest BCUT2D eigenvalue weighted by atomic mass is 35.5. The van der Waals surface area contributed by atoms with Gasteiger partial charge in [0.05, 0.1) is 17.8 Å². The number of aromatic nitrogens is 2. The summed E-state index contributed by atoms with van der Waals surface area (Å²) in [7, 11) is 0. The molecule has 2 atom stereocenters. The number of anilines is 1. The Morgan fingerprint density at radius 3 is 2.96 bits per heavy atom. The van der Waals surface area contributed by atoms with E-state index in [-0.39, 0.29) is 5.97 Å². The van der Waals surface area contributed by atoms with Gasteiger partial charge in [-0.1, -0.05) is 11.6 Å². The van der Waals surface area contributed by atoms with E-state index >= 15 is 0 Å². The molecule has 2 bridgehead atoms. The average molecular weight is 339 g/mol. The Balaban J connectivity index is 1.86. The van der Waals surface area contributed by atoms with Crippen LogP contribution in [0.3, 0.4) is 0 Å². The minimum absolute atomic E-state index is 0.137. The molecule has 7 heteroatoms. The van der Waals surface area contributed by atoms with Crippen molar-refractivity contribution in [3.05, 3.63) is 17.5 Å². The summed E-state index contributed by atoms with van der Waals surface area (Å²) in [5.74, 6) is 0.963. The zero-order valence-corrected chi connectivity index (χ0v) is 14.6. The van der Waals surface area contributed by atoms with Gasteiger partial charge in [-0.15, -0.1) is 0 Å². The molecule has 0 amide bonds. The smallest absolute Gasteiger partial charge is 0.315 e. The van der Waals surface area contributed by atoms with E-state index in [9.17, 15) is 4.79 Å². The highest BCUT2D eigenvalue weighted by molar-refractivity contribution is 6.29. The number of esters is 1. The van der Waals surface area contributed by atoms with E-state index < -0.39 is 11.0 Å². The Kier molecular flexibility index (Phi) is 4.23. The molecule has 2 aliphatic rings. The van der Waals surface area contributed by atoms with Gasteiger partial charge in [0.15, 0.2) is 0 Å². The summed E-state index contributed by atoms with van der Waals surface area (Å²) >= 11 is 5.96. The van der Waals surface area contributed by atoms with Crippen LogP contribution in [0.4, 0.5) is 5.82 Å². The first kappa shape index (κ1) is 16.5. The van der Waals surface area contributed by atoms with Crippen LogP contribution in [0.15, 0.2) is 12.4 Å². The third-order valence-electron chi connectivity index (χ3n) is 4.30. The molecule has 1 aromatic heterocycles. The van der Waals surface area contributed by atoms with Gasteiger partial charge >= 0.3 is 5.97 Å². The maximum absolute atomic E-state index is 12.8. The van der Waals surface area contributed by atoms with Crippen LogP contribution >= 0.6 is 11.6 Å². The van der Waals surface area contributed by atoms with Crippen molar-refractivity contribution in [3.8, 4) is 0 Å². The molecule has 23 heavy (non-hydrogen) atoms. The molecule has 1 aromatic rings. The third kappa shape index (κ3) is 3.58. The van der Waals surface area contributed by atoms with Crippen LogP contribution in [-0.2, 0) is 9.53 Å². The molecule has 0 spiro atoms. The minimum atomic E-state index is -0.543. The van der Waals surface area contributed by atoms with Gasteiger partial charge in [-0.25, -0.2) is 4.98 Å². The van der Waals surface area contributed by atoms with Gasteiger partial charge in [-0.2, -0.15) is 0 Å². The highest BCUT2D eigenvalue weighted by Gasteiger charge is 2.50. The summed E-state index contributed by atoms with van der Waals surface area (Å²) in [5.41, 5.74) is -1.03. The molecule has 0 radical (unpaired) electrons. The molecular weight excluding hydrogens is 316 g/mol. The standard InChI is InChI=1S/C16H23ClN4O2/c1-15(2,3)23-14(22)16-4-11(5-19-9-16)8-21(10-16)13-7-18-6-12(17)20-13/h6-7,11,19H,4-5,8-10H2,1-3H3. The molecule has 0 saturated carbocycles. The van der Waals surface area contributed by atoms with Crippen molar-refractivity contribution in [1.29, 1.82) is 0 Å². The minimum Gasteiger partial charge on any atom is -0.459 e. The van der Waals surface area contributed by atoms with Crippen LogP contribution in [0, 0.1) is 11.3 Å². The Morgan fingerprint density at radius 1 is 1.48 bits per heavy atom. The first-order chi connectivity index (χ1) is 10.8. The summed E-state index contributed by atoms with van der Waals surface area (Å²) in [4.78, 5) is 23.4. The lowest BCUT2D eigenvalue weighted by molar-refractivity contribution is -0.170. The summed E-state index contributed by atoms with van der Waals surface area (Å²) in [6, 6.07) is 0. The lowest BCUT2D eigenvalue weighted by Gasteiger charge is -2.49. The largest absolute Gasteiger partial charge is 0.459 e. The highest BCUT2D eigenvalue weighted by Crippen LogP contribution is 2.39. The predicted octanol–water partition coefficient (Wildman–Crippen LogP) is 1.89. The Labute approximate surface area is 141 Å². The van der Waals surface area contributed by atoms with Crippen LogP contribution < -0.4 is 10.2 Å². The van der Waals surface area contributed by atoms with Gasteiger partial charge in [-0.3, -0.25) is 9.78 Å². The number of piperidine rings is 2. The second-order valence-corrected chi connectivity index (χ2v) is 7.95. The van der Waals surface area contributed by atoms with Crippen LogP contribution in [0.1, 0.15) is 27.2 Å². The van der Waals surface area contributed by atoms with Crippen LogP contribution in [0.25, 0.3) is 0 Å². The number of ether oxygens (including phenoxy) is 1. The quantitative estimate of drug-likeness (QED) is 0.831. The fraction of sp³-hybridized carbons (Fsp3) is 0.688. The molecule has 2 saturated heterocycles. The lowest BCUT2D eigenvalue weighted by Crippen LogP contribution is -2.62. The number of nitrogens with zero attached hydrogens (tertiary/aromatic N) is 3. The lowest BCUT2D eigenvalue weighted by atomic mass is 9.72. The van der Waals surface area contributed by atoms with Crippen LogP contribution in [-0.4, -0.2) is 47.7 Å². The monoisotopic (exact) mass is 338 g/mol. The predicted molar refractivity (Wildman–Crippen MR) is 88.5 cm³/mol. The summed E-state index contributed by atoms with van der Waals surface area (Å²) in [5, 5.41) is 3.75. The van der Waals surface area contributed by atoms with E-state index in [1.54, 1.807) is 6.20 Å². The molecule has 2 unspecified atom stereocenters. The fourth-order valence-electron chi connectivity index (χ4n) is 3.47. The Morgan fingerprint density at radius 2 is 2.26 bits per heavy atom. The van der Waals surface area contributed by atoms with Crippen LogP contribution in [0.2, 0.25) is 5.15 Å². The molecule has 3 rings (SSSR count). The van der Waals surface area contributed by atoms with Gasteiger partial charge < -0.3 is 15.0 Å². The third-order valence-corrected chi connectivity index (χ3v) is 4.48. The van der Waals surface area contributed by atoms with E-state index in [1.807, 2.05) is 20.8 Å². The molecule has 1 N–H and O–H groups in total. The van der Waals surface area contributed by atoms with Crippen molar-refractivity contribution < 1.29 is 9.53 Å². The molecule has 3 heterocycles. The first-order valence-corrected chi connectivity index (χ1v) is 8.32. The number of rotatable bonds is 2. The van der Waals surface area contributed by atoms with Gasteiger partial charge in [0.2, 0.25) is 0 Å². The van der Waals surface area contributed by atoms with E-state index in [4.69, 9.17) is 16.3 Å². The van der Waals surface area contributed by atoms with Crippen molar-refractivity contribution >= 4 is 23.4 Å². The van der Waals surface area contributed by atoms with Gasteiger partial charge in [-0.05, 0) is 39.7 Å². The topological polar surface area (TPSA) is 67.3 Å². The maximum atomic E-state index is 12.8. The second kappa shape index (κ2) is 5.91. The van der Waals surface area contributed by atoms with Gasteiger partial charge in [0.1, 0.15) is 16.6 Å². The molecule has 0 aromatic carbocycles. The van der Waals surface area contributed by atoms with Crippen molar-refractivity contribution in [3.63, 3.8) is 0 Å². The number of nitrogens with one attached hydrogen (secondary N) is 1. The van der Waals surface area contributed by atoms with Crippen molar-refractivity contribution in [1.82, 2.24) is 15.3 Å². The van der Waals surface area contributed by atoms with E-state index in [0.29, 0.717) is 24.2 Å². The molecular formula is C16H23ClN4O2. The molecule has 126 valence electrons. The SMILES string of the molecule is CC(C)(C)OC(=O)C12CNCC(CN(c3cncc(Cl)n3)C1)C2. The Hall–Kier alpha value is -1.40. The van der Waals surface area contributed by atoms with Gasteiger partial charge in [0, 0.05) is 19.6 Å². The van der Waals surface area contributed by atoms with E-state index in [1.165, 1.54) is 6.20 Å². The number of hydrogen-bond acceptors (Lipinski definition) is 6. The Bertz CT molecular complexity index is 604. The number of halogens is 1. The second-order valence-electron chi connectivity index (χ2n) is 7.56. The first-order valence-electron chi connectivity index (χ1n) is 7.94. The normalized spacial score (nSPS) is 27.7. The van der Waals surface area contributed by atoms with E-state index in [2.05, 4.69) is 20.2 Å². The summed E-state index contributed by atoms with van der Waals surface area (Å²) in [6.45, 7) is 8.64. The van der Waals surface area contributed by atoms with Crippen molar-refractivity contribution in [2.24, 2.45) is 11.3 Å². The fourth-order valence-corrected chi connectivity index (χ4v) is 3.61. The molecule has 2 aliphatic heterocycles. The maximum Gasteiger partial charge on any atom is 0.315 e. The van der Waals surface area contributed by atoms with Crippen molar-refractivity contribution in [2.45, 2.75) is 32.8 Å². The zero-order chi connectivity index (χ0) is 16.7. The molecule has 6 nitrogen and oxygen atoms in total. The molecule has 0 aliphatic carbocycles. The number of carbonyl (C=O) groups excluding carboxylic acids is 1. The summed E-state index contributed by atoms with van der Waals surface area (Å²) < 4.78 is 5.69.